The van der Waals surface area contributed by atoms with Crippen LogP contribution in [0.25, 0.3) is 0 Å². The summed E-state index contributed by atoms with van der Waals surface area (Å²) in [6, 6.07) is 8.69. The van der Waals surface area contributed by atoms with Crippen LogP contribution in [-0.2, 0) is 0 Å². The molecule has 21 heavy (non-hydrogen) atoms. The van der Waals surface area contributed by atoms with Gasteiger partial charge in [0.15, 0.2) is 0 Å². The van der Waals surface area contributed by atoms with Crippen molar-refractivity contribution in [3.63, 3.8) is 0 Å². The van der Waals surface area contributed by atoms with E-state index < -0.39 is 0 Å². The largest absolute Gasteiger partial charge is 0.497 e. The van der Waals surface area contributed by atoms with Crippen LogP contribution in [0.4, 0.5) is 5.82 Å². The molecule has 0 fully saturated rings. The van der Waals surface area contributed by atoms with Crippen molar-refractivity contribution in [3.8, 4) is 11.5 Å². The third-order valence-corrected chi connectivity index (χ3v) is 4.02. The summed E-state index contributed by atoms with van der Waals surface area (Å²) < 4.78 is 11.4. The molecule has 0 spiro atoms. The van der Waals surface area contributed by atoms with Gasteiger partial charge >= 0.3 is 0 Å². The van der Waals surface area contributed by atoms with Gasteiger partial charge in [0.25, 0.3) is 5.91 Å². The van der Waals surface area contributed by atoms with Crippen molar-refractivity contribution in [2.24, 2.45) is 0 Å². The lowest BCUT2D eigenvalue weighted by Crippen LogP contribution is -2.13. The first-order valence-electron chi connectivity index (χ1n) is 6.21. The smallest absolute Gasteiger partial charge is 0.257 e. The molecule has 0 saturated heterocycles. The maximum atomic E-state index is 12.3. The average molecular weight is 398 g/mol. The summed E-state index contributed by atoms with van der Waals surface area (Å²) in [6.07, 6.45) is 0. The molecule has 2 aromatic rings. The molecule has 0 aliphatic rings. The number of nitrogens with zero attached hydrogens (tertiary/aromatic N) is 1. The first-order chi connectivity index (χ1) is 10.0. The lowest BCUT2D eigenvalue weighted by molar-refractivity contribution is 0.102. The maximum Gasteiger partial charge on any atom is 0.257 e. The molecule has 0 atom stereocenters. The Morgan fingerprint density at radius 1 is 1.14 bits per heavy atom. The number of rotatable bonds is 4. The number of hydrogen-bond acceptors (Lipinski definition) is 4. The van der Waals surface area contributed by atoms with Gasteiger partial charge in [0.05, 0.1) is 19.9 Å². The first-order valence-corrected chi connectivity index (χ1v) is 7.29. The van der Waals surface area contributed by atoms with E-state index in [1.54, 1.807) is 38.5 Å². The molecule has 0 saturated carbocycles. The molecule has 0 bridgehead atoms. The van der Waals surface area contributed by atoms with E-state index >= 15 is 0 Å². The summed E-state index contributed by atoms with van der Waals surface area (Å²) in [5.41, 5.74) is 1.32. The molecule has 5 nitrogen and oxygen atoms in total. The minimum absolute atomic E-state index is 0.264. The van der Waals surface area contributed by atoms with Gasteiger partial charge in [0.2, 0.25) is 0 Å². The number of hydrogen-bond donors (Lipinski definition) is 1. The number of aryl methyl sites for hydroxylation is 1. The fourth-order valence-electron chi connectivity index (χ4n) is 1.74. The monoisotopic (exact) mass is 398 g/mol. The highest BCUT2D eigenvalue weighted by atomic mass is 127. The molecule has 110 valence electrons. The lowest BCUT2D eigenvalue weighted by atomic mass is 10.2. The van der Waals surface area contributed by atoms with Crippen molar-refractivity contribution in [1.82, 2.24) is 4.98 Å². The van der Waals surface area contributed by atoms with Gasteiger partial charge < -0.3 is 14.8 Å². The number of carbonyl (C=O) groups excluding carboxylic acids is 1. The molecule has 1 heterocycles. The van der Waals surface area contributed by atoms with Gasteiger partial charge in [-0.2, -0.15) is 0 Å². The number of amides is 1. The van der Waals surface area contributed by atoms with Gasteiger partial charge in [0, 0.05) is 15.2 Å². The van der Waals surface area contributed by atoms with Gasteiger partial charge in [-0.1, -0.05) is 0 Å². The Morgan fingerprint density at radius 3 is 2.29 bits per heavy atom. The van der Waals surface area contributed by atoms with Crippen LogP contribution in [0.1, 0.15) is 16.1 Å². The van der Waals surface area contributed by atoms with E-state index in [4.69, 9.17) is 9.47 Å². The second kappa shape index (κ2) is 6.75. The molecule has 0 unspecified atom stereocenters. The zero-order valence-corrected chi connectivity index (χ0v) is 14.1. The molecular formula is C15H15IN2O3. The van der Waals surface area contributed by atoms with Gasteiger partial charge in [-0.25, -0.2) is 4.98 Å². The number of nitrogens with one attached hydrogen (secondary N) is 1. The SMILES string of the molecule is COc1cc(OC)cc(C(=O)Nc2ccc(I)c(C)n2)c1. The molecule has 1 N–H and O–H groups in total. The van der Waals surface area contributed by atoms with Crippen LogP contribution in [0, 0.1) is 10.5 Å². The summed E-state index contributed by atoms with van der Waals surface area (Å²) in [7, 11) is 3.08. The van der Waals surface area contributed by atoms with Gasteiger partial charge in [-0.3, -0.25) is 4.79 Å². The Balaban J connectivity index is 2.25. The van der Waals surface area contributed by atoms with E-state index in [0.29, 0.717) is 22.9 Å². The average Bonchev–Trinajstić information content (AvgIpc) is 2.50. The van der Waals surface area contributed by atoms with Crippen molar-refractivity contribution in [2.75, 3.05) is 19.5 Å². The zero-order valence-electron chi connectivity index (χ0n) is 11.9. The third kappa shape index (κ3) is 3.84. The highest BCUT2D eigenvalue weighted by Gasteiger charge is 2.11. The highest BCUT2D eigenvalue weighted by molar-refractivity contribution is 14.1. The molecule has 6 heteroatoms. The van der Waals surface area contributed by atoms with Crippen molar-refractivity contribution in [1.29, 1.82) is 0 Å². The van der Waals surface area contributed by atoms with E-state index in [1.165, 1.54) is 0 Å². The number of ether oxygens (including phenoxy) is 2. The summed E-state index contributed by atoms with van der Waals surface area (Å²) in [4.78, 5) is 16.6. The molecule has 2 rings (SSSR count). The highest BCUT2D eigenvalue weighted by Crippen LogP contribution is 2.23. The Morgan fingerprint density at radius 2 is 1.76 bits per heavy atom. The predicted molar refractivity (Wildman–Crippen MR) is 89.2 cm³/mol. The van der Waals surface area contributed by atoms with E-state index in [0.717, 1.165) is 9.26 Å². The second-order valence-corrected chi connectivity index (χ2v) is 5.48. The summed E-state index contributed by atoms with van der Waals surface area (Å²) in [6.45, 7) is 1.89. The Kier molecular flexibility index (Phi) is 5.00. The normalized spacial score (nSPS) is 10.1. The van der Waals surface area contributed by atoms with Crippen LogP contribution in [-0.4, -0.2) is 25.1 Å². The van der Waals surface area contributed by atoms with Crippen molar-refractivity contribution < 1.29 is 14.3 Å². The molecule has 0 radical (unpaired) electrons. The number of benzene rings is 1. The van der Waals surface area contributed by atoms with Crippen LogP contribution in [0.3, 0.4) is 0 Å². The van der Waals surface area contributed by atoms with Crippen LogP contribution in [0.5, 0.6) is 11.5 Å². The molecule has 0 aliphatic heterocycles. The number of aromatic nitrogens is 1. The lowest BCUT2D eigenvalue weighted by Gasteiger charge is -2.09. The van der Waals surface area contributed by atoms with Crippen LogP contribution >= 0.6 is 22.6 Å². The van der Waals surface area contributed by atoms with Crippen LogP contribution in [0.2, 0.25) is 0 Å². The minimum atomic E-state index is -0.264. The van der Waals surface area contributed by atoms with Gasteiger partial charge in [0.1, 0.15) is 17.3 Å². The third-order valence-electron chi connectivity index (χ3n) is 2.88. The number of pyridine rings is 1. The fraction of sp³-hybridized carbons (Fsp3) is 0.200. The first kappa shape index (κ1) is 15.6. The molecule has 1 amide bonds. The van der Waals surface area contributed by atoms with E-state index in [1.807, 2.05) is 13.0 Å². The molecule has 1 aromatic carbocycles. The quantitative estimate of drug-likeness (QED) is 0.804. The summed E-state index contributed by atoms with van der Waals surface area (Å²) >= 11 is 2.20. The standard InChI is InChI=1S/C15H15IN2O3/c1-9-13(16)4-5-14(17-9)18-15(19)10-6-11(20-2)8-12(7-10)21-3/h4-8H,1-3H3,(H,17,18,19). The van der Waals surface area contributed by atoms with Crippen molar-refractivity contribution in [3.05, 3.63) is 45.2 Å². The van der Waals surface area contributed by atoms with Crippen LogP contribution < -0.4 is 14.8 Å². The number of anilines is 1. The van der Waals surface area contributed by atoms with Crippen LogP contribution in [0.15, 0.2) is 30.3 Å². The van der Waals surface area contributed by atoms with E-state index in [9.17, 15) is 4.79 Å². The topological polar surface area (TPSA) is 60.5 Å². The van der Waals surface area contributed by atoms with Gasteiger partial charge in [-0.05, 0) is 53.8 Å². The molecule has 1 aromatic heterocycles. The van der Waals surface area contributed by atoms with Crippen molar-refractivity contribution >= 4 is 34.3 Å². The second-order valence-electron chi connectivity index (χ2n) is 4.32. The fourth-order valence-corrected chi connectivity index (χ4v) is 2.04. The van der Waals surface area contributed by atoms with E-state index in [-0.39, 0.29) is 5.91 Å². The predicted octanol–water partition coefficient (Wildman–Crippen LogP) is 3.26. The number of carbonyl (C=O) groups is 1. The van der Waals surface area contributed by atoms with Crippen molar-refractivity contribution in [2.45, 2.75) is 6.92 Å². The minimum Gasteiger partial charge on any atom is -0.497 e. The molecule has 0 aliphatic carbocycles. The zero-order chi connectivity index (χ0) is 15.4. The van der Waals surface area contributed by atoms with Gasteiger partial charge in [-0.15, -0.1) is 0 Å². The summed E-state index contributed by atoms with van der Waals surface area (Å²) in [5, 5.41) is 2.76. The Hall–Kier alpha value is -1.83. The summed E-state index contributed by atoms with van der Waals surface area (Å²) in [5.74, 6) is 1.37. The molecular weight excluding hydrogens is 383 g/mol. The Labute approximate surface area is 136 Å². The number of halogens is 1. The maximum absolute atomic E-state index is 12.3. The Bertz CT molecular complexity index is 652. The number of methoxy groups -OCH3 is 2. The van der Waals surface area contributed by atoms with E-state index in [2.05, 4.69) is 32.9 Å².